The first-order chi connectivity index (χ1) is 14.1. The molecule has 0 radical (unpaired) electrons. The third kappa shape index (κ3) is 5.77. The molecule has 2 unspecified atom stereocenters. The molecule has 5 heteroatoms. The van der Waals surface area contributed by atoms with E-state index in [1.807, 2.05) is 6.92 Å². The van der Waals surface area contributed by atoms with Crippen LogP contribution in [0, 0.1) is 11.6 Å². The monoisotopic (exact) mass is 404 g/mol. The number of hydrogen-bond acceptors (Lipinski definition) is 3. The zero-order chi connectivity index (χ0) is 20.6. The van der Waals surface area contributed by atoms with Crippen LogP contribution in [0.5, 0.6) is 5.75 Å². The van der Waals surface area contributed by atoms with Gasteiger partial charge in [-0.1, -0.05) is 44.5 Å². The SMILES string of the molecule is CCCCOc1ccc(COC2CCC(c3ccc(CC)cc3)OC2)c(F)c1F. The Kier molecular flexibility index (Phi) is 8.01. The molecule has 0 spiro atoms. The van der Waals surface area contributed by atoms with Crippen molar-refractivity contribution in [1.82, 2.24) is 0 Å². The lowest BCUT2D eigenvalue weighted by atomic mass is 9.98. The number of benzene rings is 2. The van der Waals surface area contributed by atoms with Gasteiger partial charge in [-0.15, -0.1) is 0 Å². The lowest BCUT2D eigenvalue weighted by Crippen LogP contribution is -2.27. The first kappa shape index (κ1) is 21.7. The van der Waals surface area contributed by atoms with Gasteiger partial charge in [0.15, 0.2) is 11.6 Å². The van der Waals surface area contributed by atoms with E-state index in [0.717, 1.165) is 32.1 Å². The van der Waals surface area contributed by atoms with Gasteiger partial charge in [-0.2, -0.15) is 4.39 Å². The fraction of sp³-hybridized carbons (Fsp3) is 0.500. The first-order valence-corrected chi connectivity index (χ1v) is 10.5. The number of hydrogen-bond donors (Lipinski definition) is 0. The number of rotatable bonds is 9. The molecule has 0 aromatic heterocycles. The van der Waals surface area contributed by atoms with E-state index in [4.69, 9.17) is 14.2 Å². The average Bonchev–Trinajstić information content (AvgIpc) is 2.77. The summed E-state index contributed by atoms with van der Waals surface area (Å²) in [5.41, 5.74) is 2.68. The van der Waals surface area contributed by atoms with Crippen LogP contribution >= 0.6 is 0 Å². The molecular weight excluding hydrogens is 374 g/mol. The van der Waals surface area contributed by atoms with Crippen molar-refractivity contribution in [2.75, 3.05) is 13.2 Å². The molecule has 0 aliphatic carbocycles. The topological polar surface area (TPSA) is 27.7 Å². The molecule has 1 saturated heterocycles. The molecule has 2 aromatic carbocycles. The molecule has 1 aliphatic heterocycles. The van der Waals surface area contributed by atoms with Gasteiger partial charge >= 0.3 is 0 Å². The molecule has 0 saturated carbocycles. The molecule has 1 heterocycles. The number of ether oxygens (including phenoxy) is 3. The lowest BCUT2D eigenvalue weighted by molar-refractivity contribution is -0.0925. The molecule has 3 nitrogen and oxygen atoms in total. The minimum atomic E-state index is -0.947. The van der Waals surface area contributed by atoms with E-state index in [1.165, 1.54) is 23.3 Å². The molecule has 1 aliphatic rings. The zero-order valence-electron chi connectivity index (χ0n) is 17.3. The maximum absolute atomic E-state index is 14.3. The van der Waals surface area contributed by atoms with Gasteiger partial charge in [-0.05, 0) is 48.9 Å². The second-order valence-electron chi connectivity index (χ2n) is 7.48. The Morgan fingerprint density at radius 1 is 1.00 bits per heavy atom. The van der Waals surface area contributed by atoms with E-state index in [2.05, 4.69) is 31.2 Å². The first-order valence-electron chi connectivity index (χ1n) is 10.5. The van der Waals surface area contributed by atoms with E-state index < -0.39 is 11.6 Å². The number of aryl methyl sites for hydroxylation is 1. The van der Waals surface area contributed by atoms with Crippen LogP contribution in [0.15, 0.2) is 36.4 Å². The van der Waals surface area contributed by atoms with Gasteiger partial charge < -0.3 is 14.2 Å². The molecule has 3 rings (SSSR count). The minimum absolute atomic E-state index is 0.0158. The Morgan fingerprint density at radius 2 is 1.79 bits per heavy atom. The molecule has 0 N–H and O–H groups in total. The highest BCUT2D eigenvalue weighted by atomic mass is 19.2. The van der Waals surface area contributed by atoms with Gasteiger partial charge in [0.05, 0.1) is 32.0 Å². The van der Waals surface area contributed by atoms with E-state index >= 15 is 0 Å². The fourth-order valence-electron chi connectivity index (χ4n) is 3.42. The van der Waals surface area contributed by atoms with E-state index in [9.17, 15) is 8.78 Å². The second kappa shape index (κ2) is 10.7. The predicted molar refractivity (Wildman–Crippen MR) is 109 cm³/mol. The van der Waals surface area contributed by atoms with Gasteiger partial charge in [0, 0.05) is 5.56 Å². The third-order valence-electron chi connectivity index (χ3n) is 5.35. The van der Waals surface area contributed by atoms with Gasteiger partial charge in [-0.25, -0.2) is 4.39 Å². The van der Waals surface area contributed by atoms with E-state index in [1.54, 1.807) is 0 Å². The molecule has 0 amide bonds. The Hall–Kier alpha value is -1.98. The molecular formula is C24H30F2O3. The Bertz CT molecular complexity index is 768. The smallest absolute Gasteiger partial charge is 0.200 e. The van der Waals surface area contributed by atoms with Crippen LogP contribution in [0.1, 0.15) is 62.3 Å². The normalized spacial score (nSPS) is 19.3. The van der Waals surface area contributed by atoms with Crippen LogP contribution in [0.2, 0.25) is 0 Å². The molecule has 2 atom stereocenters. The maximum Gasteiger partial charge on any atom is 0.200 e. The van der Waals surface area contributed by atoms with Gasteiger partial charge in [0.1, 0.15) is 0 Å². The Labute approximate surface area is 172 Å². The van der Waals surface area contributed by atoms with Crippen molar-refractivity contribution in [2.45, 2.75) is 64.8 Å². The highest BCUT2D eigenvalue weighted by Gasteiger charge is 2.24. The minimum Gasteiger partial charge on any atom is -0.490 e. The summed E-state index contributed by atoms with van der Waals surface area (Å²) in [7, 11) is 0. The van der Waals surface area contributed by atoms with Gasteiger partial charge in [0.2, 0.25) is 5.82 Å². The summed E-state index contributed by atoms with van der Waals surface area (Å²) in [4.78, 5) is 0. The summed E-state index contributed by atoms with van der Waals surface area (Å²) in [6.07, 6.45) is 4.37. The quantitative estimate of drug-likeness (QED) is 0.470. The summed E-state index contributed by atoms with van der Waals surface area (Å²) in [5, 5.41) is 0. The molecule has 2 aromatic rings. The summed E-state index contributed by atoms with van der Waals surface area (Å²) < 4.78 is 45.5. The standard InChI is InChI=1S/C24H30F2O3/c1-3-5-14-27-22-12-10-19(23(25)24(22)26)15-28-20-11-13-21(29-16-20)18-8-6-17(4-2)7-9-18/h6-10,12,20-21H,3-5,11,13-16H2,1-2H3. The van der Waals surface area contributed by atoms with Gasteiger partial charge in [-0.3, -0.25) is 0 Å². The third-order valence-corrected chi connectivity index (χ3v) is 5.35. The van der Waals surface area contributed by atoms with Gasteiger partial charge in [0.25, 0.3) is 0 Å². The van der Waals surface area contributed by atoms with Crippen molar-refractivity contribution in [3.8, 4) is 5.75 Å². The fourth-order valence-corrected chi connectivity index (χ4v) is 3.42. The van der Waals surface area contributed by atoms with Crippen molar-refractivity contribution < 1.29 is 23.0 Å². The van der Waals surface area contributed by atoms with Crippen molar-refractivity contribution in [3.05, 3.63) is 64.7 Å². The van der Waals surface area contributed by atoms with Crippen LogP contribution in [-0.4, -0.2) is 19.3 Å². The van der Waals surface area contributed by atoms with Crippen molar-refractivity contribution in [1.29, 1.82) is 0 Å². The van der Waals surface area contributed by atoms with E-state index in [-0.39, 0.29) is 30.1 Å². The number of unbranched alkanes of at least 4 members (excludes halogenated alkanes) is 1. The van der Waals surface area contributed by atoms with Crippen molar-refractivity contribution >= 4 is 0 Å². The predicted octanol–water partition coefficient (Wildman–Crippen LogP) is 6.14. The largest absolute Gasteiger partial charge is 0.490 e. The maximum atomic E-state index is 14.3. The van der Waals surface area contributed by atoms with Crippen LogP contribution < -0.4 is 4.74 Å². The Balaban J connectivity index is 1.49. The molecule has 29 heavy (non-hydrogen) atoms. The van der Waals surface area contributed by atoms with Crippen LogP contribution in [0.4, 0.5) is 8.78 Å². The summed E-state index contributed by atoms with van der Waals surface area (Å²) >= 11 is 0. The average molecular weight is 404 g/mol. The van der Waals surface area contributed by atoms with Crippen LogP contribution in [0.3, 0.4) is 0 Å². The number of halogens is 2. The lowest BCUT2D eigenvalue weighted by Gasteiger charge is -2.29. The molecule has 1 fully saturated rings. The van der Waals surface area contributed by atoms with Crippen molar-refractivity contribution in [2.24, 2.45) is 0 Å². The summed E-state index contributed by atoms with van der Waals surface area (Å²) in [6, 6.07) is 11.5. The summed E-state index contributed by atoms with van der Waals surface area (Å²) in [5.74, 6) is -1.89. The Morgan fingerprint density at radius 3 is 2.45 bits per heavy atom. The molecule has 0 bridgehead atoms. The van der Waals surface area contributed by atoms with Crippen molar-refractivity contribution in [3.63, 3.8) is 0 Å². The second-order valence-corrected chi connectivity index (χ2v) is 7.48. The van der Waals surface area contributed by atoms with Crippen LogP contribution in [0.25, 0.3) is 0 Å². The summed E-state index contributed by atoms with van der Waals surface area (Å²) in [6.45, 7) is 4.99. The highest BCUT2D eigenvalue weighted by Crippen LogP contribution is 2.30. The highest BCUT2D eigenvalue weighted by molar-refractivity contribution is 5.31. The van der Waals surface area contributed by atoms with E-state index in [0.29, 0.717) is 13.2 Å². The molecule has 158 valence electrons. The van der Waals surface area contributed by atoms with Crippen LogP contribution in [-0.2, 0) is 22.5 Å². The zero-order valence-corrected chi connectivity index (χ0v) is 17.3.